The molecule has 2 aromatic rings. The molecule has 11 nitrogen and oxygen atoms in total. The van der Waals surface area contributed by atoms with Gasteiger partial charge in [-0.1, -0.05) is 69.3 Å². The number of carbonyl (C=O) groups is 3. The molecular weight excluding hydrogens is 690 g/mol. The third-order valence-electron chi connectivity index (χ3n) is 11.3. The number of hydrogen-bond donors (Lipinski definition) is 2. The number of benzene rings is 2. The Morgan fingerprint density at radius 1 is 1.00 bits per heavy atom. The van der Waals surface area contributed by atoms with Crippen molar-refractivity contribution in [3.63, 3.8) is 0 Å². The number of Topliss-reactive ketones (excluding diaryl/α,β-unsaturated/α-hetero) is 1. The van der Waals surface area contributed by atoms with E-state index in [2.05, 4.69) is 0 Å². The third-order valence-corrected chi connectivity index (χ3v) is 11.3. The lowest BCUT2D eigenvalue weighted by Gasteiger charge is -2.48. The summed E-state index contributed by atoms with van der Waals surface area (Å²) in [7, 11) is 5.31. The van der Waals surface area contributed by atoms with E-state index < -0.39 is 71.6 Å². The van der Waals surface area contributed by atoms with Gasteiger partial charge in [-0.2, -0.15) is 0 Å². The van der Waals surface area contributed by atoms with Crippen LogP contribution in [0.4, 0.5) is 0 Å². The molecule has 12 atom stereocenters. The Morgan fingerprint density at radius 2 is 1.61 bits per heavy atom. The van der Waals surface area contributed by atoms with Gasteiger partial charge in [0.1, 0.15) is 11.7 Å². The second kappa shape index (κ2) is 18.5. The van der Waals surface area contributed by atoms with Gasteiger partial charge in [-0.05, 0) is 90.4 Å². The van der Waals surface area contributed by atoms with E-state index in [0.29, 0.717) is 17.6 Å². The summed E-state index contributed by atoms with van der Waals surface area (Å²) in [6.45, 7) is 12.3. The van der Waals surface area contributed by atoms with E-state index in [1.54, 1.807) is 65.8 Å². The molecule has 4 rings (SSSR count). The summed E-state index contributed by atoms with van der Waals surface area (Å²) in [6, 6.07) is 17.7. The SMILES string of the molecule is CC[C@H]1OC(=O)[C@H](C)[C@@H](O)[C@H](C)[C@@H](OC2O[C@H](C)C[C@H](N(C)C)[C@H]2OC(=O)c2ccccc2)[C@](C)(OC)C[C@@H](C)C(=O)/C(C)=C/[C@@]1(O)Cc1ccccc1. The van der Waals surface area contributed by atoms with Gasteiger partial charge in [0, 0.05) is 25.4 Å². The molecule has 1 saturated heterocycles. The van der Waals surface area contributed by atoms with Crippen molar-refractivity contribution in [2.45, 2.75) is 128 Å². The number of likely N-dealkylation sites (N-methyl/N-ethyl adjacent to an activating group) is 1. The van der Waals surface area contributed by atoms with E-state index in [0.717, 1.165) is 5.56 Å². The molecule has 0 bridgehead atoms. The molecule has 2 aliphatic heterocycles. The molecule has 0 amide bonds. The highest BCUT2D eigenvalue weighted by molar-refractivity contribution is 5.96. The maximum atomic E-state index is 14.2. The maximum absolute atomic E-state index is 14.2. The minimum atomic E-state index is -1.72. The first-order valence-electron chi connectivity index (χ1n) is 19.1. The van der Waals surface area contributed by atoms with Crippen molar-refractivity contribution in [1.29, 1.82) is 0 Å². The van der Waals surface area contributed by atoms with Crippen molar-refractivity contribution < 1.29 is 48.3 Å². The van der Waals surface area contributed by atoms with Crippen LogP contribution in [0.25, 0.3) is 0 Å². The predicted molar refractivity (Wildman–Crippen MR) is 205 cm³/mol. The molecule has 2 aromatic carbocycles. The number of carbonyl (C=O) groups excluding carboxylic acids is 3. The number of cyclic esters (lactones) is 1. The van der Waals surface area contributed by atoms with Gasteiger partial charge >= 0.3 is 11.9 Å². The van der Waals surface area contributed by atoms with Crippen LogP contribution in [0.1, 0.15) is 83.7 Å². The maximum Gasteiger partial charge on any atom is 0.338 e. The van der Waals surface area contributed by atoms with Gasteiger partial charge < -0.3 is 38.8 Å². The lowest BCUT2D eigenvalue weighted by molar-refractivity contribution is -0.300. The highest BCUT2D eigenvalue weighted by atomic mass is 16.7. The number of esters is 2. The van der Waals surface area contributed by atoms with Gasteiger partial charge in [0.2, 0.25) is 0 Å². The summed E-state index contributed by atoms with van der Waals surface area (Å²) in [5, 5.41) is 24.2. The second-order valence-electron chi connectivity index (χ2n) is 15.8. The van der Waals surface area contributed by atoms with Gasteiger partial charge in [0.05, 0.1) is 41.4 Å². The van der Waals surface area contributed by atoms with Crippen LogP contribution in [0.15, 0.2) is 72.3 Å². The zero-order valence-electron chi connectivity index (χ0n) is 33.6. The topological polar surface area (TPSA) is 141 Å². The van der Waals surface area contributed by atoms with E-state index in [1.165, 1.54) is 13.2 Å². The quantitative estimate of drug-likeness (QED) is 0.312. The highest BCUT2D eigenvalue weighted by Crippen LogP contribution is 2.39. The van der Waals surface area contributed by atoms with Crippen LogP contribution in [-0.4, -0.2) is 108 Å². The van der Waals surface area contributed by atoms with Crippen molar-refractivity contribution in [3.05, 3.63) is 83.4 Å². The van der Waals surface area contributed by atoms with Gasteiger partial charge in [0.15, 0.2) is 18.2 Å². The molecule has 2 N–H and O–H groups in total. The highest BCUT2D eigenvalue weighted by Gasteiger charge is 2.51. The fourth-order valence-corrected chi connectivity index (χ4v) is 8.09. The van der Waals surface area contributed by atoms with Gasteiger partial charge in [-0.3, -0.25) is 9.59 Å². The lowest BCUT2D eigenvalue weighted by Crippen LogP contribution is -2.60. The lowest BCUT2D eigenvalue weighted by atomic mass is 9.76. The summed E-state index contributed by atoms with van der Waals surface area (Å²) >= 11 is 0. The first kappa shape index (κ1) is 43.3. The average Bonchev–Trinajstić information content (AvgIpc) is 3.15. The van der Waals surface area contributed by atoms with Crippen LogP contribution in [0.2, 0.25) is 0 Å². The van der Waals surface area contributed by atoms with E-state index >= 15 is 0 Å². The molecule has 2 heterocycles. The number of allylic oxidation sites excluding steroid dienone is 1. The normalized spacial score (nSPS) is 36.8. The van der Waals surface area contributed by atoms with Crippen LogP contribution >= 0.6 is 0 Å². The molecule has 0 saturated carbocycles. The molecule has 1 unspecified atom stereocenters. The van der Waals surface area contributed by atoms with Gasteiger partial charge in [0.25, 0.3) is 0 Å². The fourth-order valence-electron chi connectivity index (χ4n) is 8.09. The minimum Gasteiger partial charge on any atom is -0.459 e. The number of ketones is 1. The molecule has 0 aromatic heterocycles. The zero-order chi connectivity index (χ0) is 40.0. The van der Waals surface area contributed by atoms with Crippen LogP contribution in [0.5, 0.6) is 0 Å². The van der Waals surface area contributed by atoms with Crippen LogP contribution in [0, 0.1) is 17.8 Å². The molecule has 298 valence electrons. The predicted octanol–water partition coefficient (Wildman–Crippen LogP) is 5.55. The molecule has 0 radical (unpaired) electrons. The third kappa shape index (κ3) is 10.0. The minimum absolute atomic E-state index is 0.0986. The number of ether oxygens (including phenoxy) is 5. The Labute approximate surface area is 321 Å². The van der Waals surface area contributed by atoms with Crippen molar-refractivity contribution in [2.24, 2.45) is 17.8 Å². The van der Waals surface area contributed by atoms with Crippen molar-refractivity contribution in [2.75, 3.05) is 21.2 Å². The average molecular weight is 752 g/mol. The Bertz CT molecular complexity index is 1580. The van der Waals surface area contributed by atoms with Crippen molar-refractivity contribution in [1.82, 2.24) is 4.90 Å². The van der Waals surface area contributed by atoms with Gasteiger partial charge in [-0.25, -0.2) is 4.79 Å². The number of aliphatic hydroxyl groups excluding tert-OH is 1. The summed E-state index contributed by atoms with van der Waals surface area (Å²) in [6.07, 6.45) is -3.04. The van der Waals surface area contributed by atoms with E-state index in [-0.39, 0.29) is 37.2 Å². The molecular formula is C43H61NO10. The standard InChI is InChI=1S/C43H61NO10/c1-11-34-43(49,25-31-18-14-12-15-19-31)24-27(3)35(45)26(2)23-42(7,50-10)38(29(5)36(46)30(6)39(47)52-34)54-41-37(33(44(8)9)22-28(4)51-41)53-40(48)32-20-16-13-17-21-32/h12-21,24,26,28-30,33-34,36-38,41,46,49H,11,22-23,25H2,1-10H3/b27-24+/t26-,28-,29+,30-,33+,34-,36+,37-,38-,41?,42-,43-/m1/s1. The van der Waals surface area contributed by atoms with Crippen LogP contribution in [0.3, 0.4) is 0 Å². The molecule has 54 heavy (non-hydrogen) atoms. The van der Waals surface area contributed by atoms with E-state index in [9.17, 15) is 24.6 Å². The number of nitrogens with zero attached hydrogens (tertiary/aromatic N) is 1. The largest absolute Gasteiger partial charge is 0.459 e. The summed E-state index contributed by atoms with van der Waals surface area (Å²) < 4.78 is 31.7. The molecule has 0 spiro atoms. The number of hydrogen-bond acceptors (Lipinski definition) is 11. The smallest absolute Gasteiger partial charge is 0.338 e. The fraction of sp³-hybridized carbons (Fsp3) is 0.605. The Balaban J connectivity index is 1.78. The summed E-state index contributed by atoms with van der Waals surface area (Å²) in [5.41, 5.74) is -1.46. The van der Waals surface area contributed by atoms with Crippen LogP contribution in [-0.2, 0) is 39.7 Å². The first-order valence-corrected chi connectivity index (χ1v) is 19.1. The number of aliphatic hydroxyl groups is 2. The Hall–Kier alpha value is -3.45. The van der Waals surface area contributed by atoms with Gasteiger partial charge in [-0.15, -0.1) is 0 Å². The van der Waals surface area contributed by atoms with Crippen molar-refractivity contribution in [3.8, 4) is 0 Å². The zero-order valence-corrected chi connectivity index (χ0v) is 33.6. The second-order valence-corrected chi connectivity index (χ2v) is 15.8. The number of rotatable bonds is 9. The molecule has 0 aliphatic carbocycles. The molecule has 1 fully saturated rings. The van der Waals surface area contributed by atoms with Crippen molar-refractivity contribution >= 4 is 17.7 Å². The first-order chi connectivity index (χ1) is 25.4. The van der Waals surface area contributed by atoms with E-state index in [4.69, 9.17) is 23.7 Å². The Morgan fingerprint density at radius 3 is 2.19 bits per heavy atom. The monoisotopic (exact) mass is 751 g/mol. The summed E-state index contributed by atoms with van der Waals surface area (Å²) in [5.74, 6) is -3.96. The Kier molecular flexibility index (Phi) is 14.8. The van der Waals surface area contributed by atoms with E-state index in [1.807, 2.05) is 62.3 Å². The summed E-state index contributed by atoms with van der Waals surface area (Å²) in [4.78, 5) is 43.5. The molecule has 11 heteroatoms. The number of methoxy groups -OCH3 is 1. The molecule has 2 aliphatic rings. The van der Waals surface area contributed by atoms with Crippen LogP contribution < -0.4 is 0 Å².